The van der Waals surface area contributed by atoms with Crippen molar-refractivity contribution in [2.24, 2.45) is 0 Å². The largest absolute Gasteiger partial charge is 0.487 e. The van der Waals surface area contributed by atoms with Gasteiger partial charge in [-0.2, -0.15) is 0 Å². The molecule has 1 heterocycles. The van der Waals surface area contributed by atoms with Crippen LogP contribution in [0.1, 0.15) is 35.2 Å². The molecule has 0 atom stereocenters. The van der Waals surface area contributed by atoms with Crippen LogP contribution >= 0.6 is 11.3 Å². The maximum absolute atomic E-state index is 5.84. The highest BCUT2D eigenvalue weighted by atomic mass is 32.1. The second-order valence-electron chi connectivity index (χ2n) is 4.54. The van der Waals surface area contributed by atoms with Crippen molar-refractivity contribution in [2.75, 3.05) is 0 Å². The normalized spacial score (nSPS) is 10.6. The molecule has 18 heavy (non-hydrogen) atoms. The maximum Gasteiger partial charge on any atom is 0.131 e. The summed E-state index contributed by atoms with van der Waals surface area (Å²) >= 11 is 1.73. The predicted molar refractivity (Wildman–Crippen MR) is 76.4 cm³/mol. The molecule has 0 spiro atoms. The number of nitrogens with zero attached hydrogens (tertiary/aromatic N) is 1. The molecule has 96 valence electrons. The quantitative estimate of drug-likeness (QED) is 0.801. The molecule has 0 amide bonds. The van der Waals surface area contributed by atoms with Crippen molar-refractivity contribution in [3.05, 3.63) is 45.4 Å². The summed E-state index contributed by atoms with van der Waals surface area (Å²) in [6, 6.07) is 6.27. The summed E-state index contributed by atoms with van der Waals surface area (Å²) in [5, 5.41) is 3.30. The Labute approximate surface area is 113 Å². The molecule has 0 radical (unpaired) electrons. The van der Waals surface area contributed by atoms with Crippen molar-refractivity contribution in [1.82, 2.24) is 4.98 Å². The first-order valence-corrected chi connectivity index (χ1v) is 7.20. The van der Waals surface area contributed by atoms with Crippen molar-refractivity contribution in [3.63, 3.8) is 0 Å². The van der Waals surface area contributed by atoms with E-state index in [4.69, 9.17) is 4.74 Å². The van der Waals surface area contributed by atoms with Crippen molar-refractivity contribution in [3.8, 4) is 5.75 Å². The fraction of sp³-hybridized carbons (Fsp3) is 0.400. The van der Waals surface area contributed by atoms with E-state index in [1.807, 2.05) is 0 Å². The van der Waals surface area contributed by atoms with E-state index >= 15 is 0 Å². The van der Waals surface area contributed by atoms with Crippen LogP contribution in [0.15, 0.2) is 23.6 Å². The molecule has 2 aromatic rings. The van der Waals surface area contributed by atoms with Crippen molar-refractivity contribution in [2.45, 2.75) is 40.2 Å². The number of hydrogen-bond acceptors (Lipinski definition) is 3. The van der Waals surface area contributed by atoms with Gasteiger partial charge in [0.05, 0.1) is 10.7 Å². The number of aromatic nitrogens is 1. The fourth-order valence-electron chi connectivity index (χ4n) is 1.76. The lowest BCUT2D eigenvalue weighted by Crippen LogP contribution is -1.98. The van der Waals surface area contributed by atoms with E-state index < -0.39 is 0 Å². The monoisotopic (exact) mass is 261 g/mol. The molecule has 0 unspecified atom stereocenters. The first-order chi connectivity index (χ1) is 8.69. The number of ether oxygens (including phenoxy) is 1. The minimum absolute atomic E-state index is 0.560. The number of rotatable bonds is 5. The Hall–Kier alpha value is -1.35. The Balaban J connectivity index is 1.99. The smallest absolute Gasteiger partial charge is 0.131 e. The molecular formula is C15H19NOS. The van der Waals surface area contributed by atoms with E-state index in [9.17, 15) is 0 Å². The van der Waals surface area contributed by atoms with Crippen LogP contribution in [-0.2, 0) is 13.0 Å². The Morgan fingerprint density at radius 1 is 1.28 bits per heavy atom. The van der Waals surface area contributed by atoms with E-state index in [0.717, 1.165) is 24.3 Å². The van der Waals surface area contributed by atoms with Crippen LogP contribution in [0.2, 0.25) is 0 Å². The zero-order chi connectivity index (χ0) is 13.0. The van der Waals surface area contributed by atoms with Crippen molar-refractivity contribution >= 4 is 11.3 Å². The van der Waals surface area contributed by atoms with Gasteiger partial charge in [0.25, 0.3) is 0 Å². The Morgan fingerprint density at radius 3 is 2.89 bits per heavy atom. The first kappa shape index (κ1) is 13.1. The van der Waals surface area contributed by atoms with Gasteiger partial charge in [-0.15, -0.1) is 11.3 Å². The molecule has 3 heteroatoms. The molecule has 2 rings (SSSR count). The van der Waals surface area contributed by atoms with Crippen LogP contribution < -0.4 is 4.74 Å². The molecule has 1 aromatic heterocycles. The zero-order valence-electron chi connectivity index (χ0n) is 11.2. The molecule has 0 aliphatic rings. The Kier molecular flexibility index (Phi) is 4.37. The van der Waals surface area contributed by atoms with Crippen LogP contribution in [0.5, 0.6) is 5.75 Å². The van der Waals surface area contributed by atoms with E-state index in [1.54, 1.807) is 11.3 Å². The average Bonchev–Trinajstić information content (AvgIpc) is 2.79. The highest BCUT2D eigenvalue weighted by molar-refractivity contribution is 7.09. The molecule has 0 aliphatic heterocycles. The summed E-state index contributed by atoms with van der Waals surface area (Å²) in [7, 11) is 0. The third-order valence-corrected chi connectivity index (χ3v) is 3.74. The fourth-order valence-corrected chi connectivity index (χ4v) is 2.64. The van der Waals surface area contributed by atoms with Gasteiger partial charge in [-0.3, -0.25) is 0 Å². The minimum atomic E-state index is 0.560. The van der Waals surface area contributed by atoms with Crippen LogP contribution in [-0.4, -0.2) is 4.98 Å². The molecule has 0 saturated carbocycles. The van der Waals surface area contributed by atoms with Crippen molar-refractivity contribution < 1.29 is 4.74 Å². The Bertz CT molecular complexity index is 519. The molecule has 0 bridgehead atoms. The van der Waals surface area contributed by atoms with Gasteiger partial charge in [-0.25, -0.2) is 4.98 Å². The molecule has 2 nitrogen and oxygen atoms in total. The maximum atomic E-state index is 5.84. The lowest BCUT2D eigenvalue weighted by atomic mass is 10.1. The van der Waals surface area contributed by atoms with Crippen LogP contribution in [0, 0.1) is 13.8 Å². The Morgan fingerprint density at radius 2 is 2.11 bits per heavy atom. The van der Waals surface area contributed by atoms with Gasteiger partial charge in [0.1, 0.15) is 12.4 Å². The number of aryl methyl sites for hydroxylation is 3. The number of hydrogen-bond donors (Lipinski definition) is 0. The molecule has 0 fully saturated rings. The van der Waals surface area contributed by atoms with Gasteiger partial charge in [-0.05, 0) is 43.9 Å². The number of benzene rings is 1. The summed E-state index contributed by atoms with van der Waals surface area (Å²) in [6.07, 6.45) is 2.21. The topological polar surface area (TPSA) is 22.1 Å². The van der Waals surface area contributed by atoms with Gasteiger partial charge < -0.3 is 4.74 Å². The highest BCUT2D eigenvalue weighted by Gasteiger charge is 2.04. The van der Waals surface area contributed by atoms with Crippen molar-refractivity contribution in [1.29, 1.82) is 0 Å². The number of thiazole rings is 1. The van der Waals surface area contributed by atoms with Gasteiger partial charge in [0, 0.05) is 5.38 Å². The summed E-state index contributed by atoms with van der Waals surface area (Å²) in [5.41, 5.74) is 3.43. The molecular weight excluding hydrogens is 242 g/mol. The average molecular weight is 261 g/mol. The van der Waals surface area contributed by atoms with Gasteiger partial charge >= 0.3 is 0 Å². The van der Waals surface area contributed by atoms with E-state index in [2.05, 4.69) is 49.3 Å². The lowest BCUT2D eigenvalue weighted by Gasteiger charge is -2.08. The molecule has 1 aromatic carbocycles. The second-order valence-corrected chi connectivity index (χ2v) is 5.48. The first-order valence-electron chi connectivity index (χ1n) is 6.32. The van der Waals surface area contributed by atoms with Crippen LogP contribution in [0.3, 0.4) is 0 Å². The molecule has 0 N–H and O–H groups in total. The van der Waals surface area contributed by atoms with Gasteiger partial charge in [0.2, 0.25) is 0 Å². The van der Waals surface area contributed by atoms with Crippen LogP contribution in [0.25, 0.3) is 0 Å². The highest BCUT2D eigenvalue weighted by Crippen LogP contribution is 2.21. The molecule has 0 aliphatic carbocycles. The lowest BCUT2D eigenvalue weighted by molar-refractivity contribution is 0.299. The van der Waals surface area contributed by atoms with E-state index in [1.165, 1.54) is 16.1 Å². The second kappa shape index (κ2) is 6.01. The summed E-state index contributed by atoms with van der Waals surface area (Å²) in [6.45, 7) is 6.88. The third kappa shape index (κ3) is 3.33. The SMILES string of the molecule is CCCc1nc(COc2cc(C)ccc2C)cs1. The summed E-state index contributed by atoms with van der Waals surface area (Å²) < 4.78 is 5.84. The van der Waals surface area contributed by atoms with E-state index in [0.29, 0.717) is 6.61 Å². The van der Waals surface area contributed by atoms with E-state index in [-0.39, 0.29) is 0 Å². The van der Waals surface area contributed by atoms with Crippen LogP contribution in [0.4, 0.5) is 0 Å². The minimum Gasteiger partial charge on any atom is -0.487 e. The summed E-state index contributed by atoms with van der Waals surface area (Å²) in [5.74, 6) is 0.958. The third-order valence-electron chi connectivity index (χ3n) is 2.78. The molecule has 0 saturated heterocycles. The van der Waals surface area contributed by atoms with Gasteiger partial charge in [-0.1, -0.05) is 19.1 Å². The standard InChI is InChI=1S/C15H19NOS/c1-4-5-15-16-13(10-18-15)9-17-14-8-11(2)6-7-12(14)3/h6-8,10H,4-5,9H2,1-3H3. The van der Waals surface area contributed by atoms with Gasteiger partial charge in [0.15, 0.2) is 0 Å². The summed E-state index contributed by atoms with van der Waals surface area (Å²) in [4.78, 5) is 4.56. The predicted octanol–water partition coefficient (Wildman–Crippen LogP) is 4.29. The zero-order valence-corrected chi connectivity index (χ0v) is 12.0.